The van der Waals surface area contributed by atoms with Gasteiger partial charge in [-0.15, -0.1) is 0 Å². The molecule has 0 aliphatic heterocycles. The van der Waals surface area contributed by atoms with Crippen molar-refractivity contribution in [2.75, 3.05) is 26.9 Å². The predicted molar refractivity (Wildman–Crippen MR) is 62.6 cm³/mol. The Morgan fingerprint density at radius 1 is 0.882 bits per heavy atom. The Labute approximate surface area is 102 Å². The van der Waals surface area contributed by atoms with Crippen LogP contribution in [0.1, 0.15) is 39.0 Å². The minimum absolute atomic E-state index is 0.243. The van der Waals surface area contributed by atoms with E-state index >= 15 is 0 Å². The van der Waals surface area contributed by atoms with Gasteiger partial charge in [-0.3, -0.25) is 9.59 Å². The van der Waals surface area contributed by atoms with Gasteiger partial charge in [-0.25, -0.2) is 0 Å². The summed E-state index contributed by atoms with van der Waals surface area (Å²) in [6, 6.07) is 0. The third kappa shape index (κ3) is 11.2. The molecule has 0 unspecified atom stereocenters. The monoisotopic (exact) mass is 246 g/mol. The fourth-order valence-electron chi connectivity index (χ4n) is 1.09. The molecule has 5 nitrogen and oxygen atoms in total. The van der Waals surface area contributed by atoms with Crippen LogP contribution in [-0.4, -0.2) is 38.9 Å². The van der Waals surface area contributed by atoms with E-state index in [-0.39, 0.29) is 31.4 Å². The second-order valence-corrected chi connectivity index (χ2v) is 3.64. The normalized spacial score (nSPS) is 10.0. The number of ether oxygens (including phenoxy) is 3. The molecule has 0 saturated heterocycles. The molecule has 0 atom stereocenters. The first-order chi connectivity index (χ1) is 8.20. The van der Waals surface area contributed by atoms with Gasteiger partial charge in [-0.2, -0.15) is 0 Å². The molecule has 0 heterocycles. The average Bonchev–Trinajstić information content (AvgIpc) is 2.30. The van der Waals surface area contributed by atoms with Crippen LogP contribution in [0.15, 0.2) is 0 Å². The van der Waals surface area contributed by atoms with E-state index in [2.05, 4.69) is 0 Å². The Morgan fingerprint density at radius 3 is 2.00 bits per heavy atom. The predicted octanol–water partition coefficient (Wildman–Crippen LogP) is 1.69. The van der Waals surface area contributed by atoms with Gasteiger partial charge in [0.15, 0.2) is 0 Å². The van der Waals surface area contributed by atoms with E-state index in [1.807, 2.05) is 6.92 Å². The van der Waals surface area contributed by atoms with E-state index < -0.39 is 0 Å². The minimum atomic E-state index is -0.302. The van der Waals surface area contributed by atoms with Gasteiger partial charge >= 0.3 is 11.9 Å². The molecule has 0 aromatic carbocycles. The zero-order valence-corrected chi connectivity index (χ0v) is 10.7. The van der Waals surface area contributed by atoms with Crippen molar-refractivity contribution in [1.82, 2.24) is 0 Å². The first-order valence-corrected chi connectivity index (χ1v) is 6.00. The maximum atomic E-state index is 11.2. The molecule has 0 aromatic heterocycles. The molecule has 0 spiro atoms. The van der Waals surface area contributed by atoms with Crippen LogP contribution in [0.4, 0.5) is 0 Å². The van der Waals surface area contributed by atoms with Crippen molar-refractivity contribution in [2.45, 2.75) is 39.0 Å². The van der Waals surface area contributed by atoms with E-state index in [0.717, 1.165) is 12.8 Å². The summed E-state index contributed by atoms with van der Waals surface area (Å²) in [5.41, 5.74) is 0. The van der Waals surface area contributed by atoms with Crippen molar-refractivity contribution in [1.29, 1.82) is 0 Å². The van der Waals surface area contributed by atoms with Gasteiger partial charge in [0.2, 0.25) is 0 Å². The summed E-state index contributed by atoms with van der Waals surface area (Å²) in [5.74, 6) is -0.549. The summed E-state index contributed by atoms with van der Waals surface area (Å²) in [4.78, 5) is 22.3. The highest BCUT2D eigenvalue weighted by molar-refractivity contribution is 5.72. The van der Waals surface area contributed by atoms with Crippen LogP contribution in [0, 0.1) is 0 Å². The summed E-state index contributed by atoms with van der Waals surface area (Å²) in [6.45, 7) is 3.15. The molecule has 0 aliphatic carbocycles. The highest BCUT2D eigenvalue weighted by atomic mass is 16.6. The second-order valence-electron chi connectivity index (χ2n) is 3.64. The topological polar surface area (TPSA) is 61.8 Å². The lowest BCUT2D eigenvalue weighted by atomic mass is 10.2. The Bertz CT molecular complexity index is 193. The summed E-state index contributed by atoms with van der Waals surface area (Å²) in [5, 5.41) is 0. The van der Waals surface area contributed by atoms with Gasteiger partial charge in [-0.05, 0) is 12.8 Å². The molecule has 0 N–H and O–H groups in total. The average molecular weight is 246 g/mol. The fourth-order valence-corrected chi connectivity index (χ4v) is 1.09. The Morgan fingerprint density at radius 2 is 1.47 bits per heavy atom. The molecular formula is C12H22O5. The van der Waals surface area contributed by atoms with Gasteiger partial charge in [0.25, 0.3) is 0 Å². The zero-order chi connectivity index (χ0) is 12.9. The van der Waals surface area contributed by atoms with Crippen molar-refractivity contribution in [3.05, 3.63) is 0 Å². The third-order valence-electron chi connectivity index (χ3n) is 2.07. The summed E-state index contributed by atoms with van der Waals surface area (Å²) in [7, 11) is 1.54. The maximum absolute atomic E-state index is 11.2. The molecule has 0 rings (SSSR count). The van der Waals surface area contributed by atoms with Crippen LogP contribution >= 0.6 is 0 Å². The van der Waals surface area contributed by atoms with Crippen LogP contribution in [0.5, 0.6) is 0 Å². The lowest BCUT2D eigenvalue weighted by Gasteiger charge is -2.04. The number of methoxy groups -OCH3 is 1. The van der Waals surface area contributed by atoms with E-state index in [1.54, 1.807) is 7.11 Å². The van der Waals surface area contributed by atoms with Crippen LogP contribution < -0.4 is 0 Å². The third-order valence-corrected chi connectivity index (χ3v) is 2.07. The first kappa shape index (κ1) is 15.9. The summed E-state index contributed by atoms with van der Waals surface area (Å²) in [6.07, 6.45) is 2.86. The van der Waals surface area contributed by atoms with Crippen LogP contribution in [0.3, 0.4) is 0 Å². The van der Waals surface area contributed by atoms with Crippen molar-refractivity contribution in [3.63, 3.8) is 0 Å². The summed E-state index contributed by atoms with van der Waals surface area (Å²) < 4.78 is 14.5. The molecule has 0 fully saturated rings. The molecule has 0 saturated carbocycles. The van der Waals surface area contributed by atoms with Crippen LogP contribution in [0.25, 0.3) is 0 Å². The zero-order valence-electron chi connectivity index (χ0n) is 10.7. The molecule has 0 bridgehead atoms. The molecule has 0 aliphatic rings. The number of carbonyl (C=O) groups is 2. The van der Waals surface area contributed by atoms with Gasteiger partial charge in [-0.1, -0.05) is 13.3 Å². The fraction of sp³-hybridized carbons (Fsp3) is 0.833. The number of hydrogen-bond donors (Lipinski definition) is 0. The highest BCUT2D eigenvalue weighted by Crippen LogP contribution is 2.00. The molecule has 5 heteroatoms. The molecule has 17 heavy (non-hydrogen) atoms. The molecule has 100 valence electrons. The quantitative estimate of drug-likeness (QED) is 0.433. The van der Waals surface area contributed by atoms with Crippen molar-refractivity contribution < 1.29 is 23.8 Å². The molecule has 0 amide bonds. The van der Waals surface area contributed by atoms with Crippen molar-refractivity contribution >= 4 is 11.9 Å². The van der Waals surface area contributed by atoms with Gasteiger partial charge in [0.05, 0.1) is 13.2 Å². The number of rotatable bonds is 10. The second kappa shape index (κ2) is 11.4. The van der Waals surface area contributed by atoms with Gasteiger partial charge in [0.1, 0.15) is 6.61 Å². The summed E-state index contributed by atoms with van der Waals surface area (Å²) >= 11 is 0. The maximum Gasteiger partial charge on any atom is 0.305 e. The lowest BCUT2D eigenvalue weighted by Crippen LogP contribution is -2.11. The standard InChI is InChI=1S/C12H22O5/c1-3-4-8-16-11(13)6-5-7-12(14)17-10-9-15-2/h3-10H2,1-2H3. The number of esters is 2. The van der Waals surface area contributed by atoms with Crippen molar-refractivity contribution in [3.8, 4) is 0 Å². The van der Waals surface area contributed by atoms with Gasteiger partial charge < -0.3 is 14.2 Å². The first-order valence-electron chi connectivity index (χ1n) is 6.00. The molecule has 0 radical (unpaired) electrons. The minimum Gasteiger partial charge on any atom is -0.466 e. The Hall–Kier alpha value is -1.10. The Kier molecular flexibility index (Phi) is 10.7. The van der Waals surface area contributed by atoms with E-state index in [0.29, 0.717) is 19.6 Å². The Balaban J connectivity index is 3.36. The van der Waals surface area contributed by atoms with Crippen molar-refractivity contribution in [2.24, 2.45) is 0 Å². The van der Waals surface area contributed by atoms with Gasteiger partial charge in [0, 0.05) is 20.0 Å². The van der Waals surface area contributed by atoms with Crippen LogP contribution in [0.2, 0.25) is 0 Å². The van der Waals surface area contributed by atoms with E-state index in [9.17, 15) is 9.59 Å². The smallest absolute Gasteiger partial charge is 0.305 e. The number of hydrogen-bond acceptors (Lipinski definition) is 5. The lowest BCUT2D eigenvalue weighted by molar-refractivity contribution is -0.146. The highest BCUT2D eigenvalue weighted by Gasteiger charge is 2.06. The SMILES string of the molecule is CCCCOC(=O)CCCC(=O)OCCOC. The number of unbranched alkanes of at least 4 members (excludes halogenated alkanes) is 1. The molecular weight excluding hydrogens is 224 g/mol. The van der Waals surface area contributed by atoms with Crippen LogP contribution in [-0.2, 0) is 23.8 Å². The van der Waals surface area contributed by atoms with E-state index in [4.69, 9.17) is 14.2 Å². The molecule has 0 aromatic rings. The largest absolute Gasteiger partial charge is 0.466 e. The van der Waals surface area contributed by atoms with E-state index in [1.165, 1.54) is 0 Å². The number of carbonyl (C=O) groups excluding carboxylic acids is 2.